The lowest BCUT2D eigenvalue weighted by molar-refractivity contribution is -0.104. The van der Waals surface area contributed by atoms with E-state index in [4.69, 9.17) is 5.11 Å². The molecule has 54 valence electrons. The number of aldehydes is 1. The minimum absolute atomic E-state index is 0.191. The second-order valence-electron chi connectivity index (χ2n) is 2.10. The summed E-state index contributed by atoms with van der Waals surface area (Å²) >= 11 is 0. The summed E-state index contributed by atoms with van der Waals surface area (Å²) in [5.41, 5.74) is 0.294. The molecule has 1 atom stereocenters. The van der Waals surface area contributed by atoms with Gasteiger partial charge in [0.05, 0.1) is 0 Å². The molecule has 0 aromatic carbocycles. The van der Waals surface area contributed by atoms with Gasteiger partial charge in [0.15, 0.2) is 0 Å². The maximum absolute atomic E-state index is 12.4. The van der Waals surface area contributed by atoms with Crippen molar-refractivity contribution in [1.29, 1.82) is 0 Å². The molecule has 0 aromatic heterocycles. The van der Waals surface area contributed by atoms with Crippen molar-refractivity contribution in [3.8, 4) is 0 Å². The molecule has 1 unspecified atom stereocenters. The smallest absolute Gasteiger partial charge is 0.149 e. The van der Waals surface area contributed by atoms with E-state index in [2.05, 4.69) is 0 Å². The van der Waals surface area contributed by atoms with Crippen LogP contribution in [0.15, 0.2) is 23.6 Å². The van der Waals surface area contributed by atoms with Crippen LogP contribution in [0.2, 0.25) is 0 Å². The number of carbonyl (C=O) groups is 1. The molecule has 10 heavy (non-hydrogen) atoms. The molecule has 1 N–H and O–H groups in total. The maximum atomic E-state index is 12.4. The van der Waals surface area contributed by atoms with Crippen molar-refractivity contribution in [3.63, 3.8) is 0 Å². The molecule has 2 nitrogen and oxygen atoms in total. The minimum atomic E-state index is -1.05. The van der Waals surface area contributed by atoms with Crippen LogP contribution in [0.25, 0.3) is 0 Å². The fourth-order valence-electron chi connectivity index (χ4n) is 0.757. The molecule has 0 saturated carbocycles. The van der Waals surface area contributed by atoms with Crippen LogP contribution in [-0.2, 0) is 4.79 Å². The molecule has 0 amide bonds. The summed E-state index contributed by atoms with van der Waals surface area (Å²) in [7, 11) is 0. The van der Waals surface area contributed by atoms with E-state index in [1.807, 2.05) is 0 Å². The van der Waals surface area contributed by atoms with Crippen molar-refractivity contribution in [2.45, 2.75) is 12.5 Å². The van der Waals surface area contributed by atoms with Gasteiger partial charge in [-0.1, -0.05) is 6.08 Å². The average Bonchev–Trinajstić information content (AvgIpc) is 1.95. The van der Waals surface area contributed by atoms with E-state index in [1.54, 1.807) is 0 Å². The fraction of sp³-hybridized carbons (Fsp3) is 0.286. The summed E-state index contributed by atoms with van der Waals surface area (Å²) < 4.78 is 12.4. The zero-order valence-electron chi connectivity index (χ0n) is 5.25. The highest BCUT2D eigenvalue weighted by Crippen LogP contribution is 2.17. The Kier molecular flexibility index (Phi) is 1.97. The molecule has 0 fully saturated rings. The van der Waals surface area contributed by atoms with Crippen molar-refractivity contribution >= 4 is 6.29 Å². The van der Waals surface area contributed by atoms with E-state index in [9.17, 15) is 9.18 Å². The molecular weight excluding hydrogens is 135 g/mol. The largest absolute Gasteiger partial charge is 0.386 e. The topological polar surface area (TPSA) is 37.3 Å². The van der Waals surface area contributed by atoms with Crippen LogP contribution in [0.4, 0.5) is 4.39 Å². The minimum Gasteiger partial charge on any atom is -0.386 e. The molecule has 0 radical (unpaired) electrons. The Morgan fingerprint density at radius 1 is 1.80 bits per heavy atom. The molecule has 3 heteroatoms. The predicted molar refractivity (Wildman–Crippen MR) is 34.0 cm³/mol. The van der Waals surface area contributed by atoms with Gasteiger partial charge >= 0.3 is 0 Å². The van der Waals surface area contributed by atoms with E-state index in [0.717, 1.165) is 6.08 Å². The van der Waals surface area contributed by atoms with Crippen molar-refractivity contribution in [3.05, 3.63) is 23.6 Å². The quantitative estimate of drug-likeness (QED) is 0.548. The first-order valence-corrected chi connectivity index (χ1v) is 2.94. The van der Waals surface area contributed by atoms with Gasteiger partial charge in [-0.3, -0.25) is 4.79 Å². The van der Waals surface area contributed by atoms with E-state index in [0.29, 0.717) is 11.9 Å². The van der Waals surface area contributed by atoms with Crippen LogP contribution in [0.1, 0.15) is 6.42 Å². The van der Waals surface area contributed by atoms with Crippen LogP contribution in [0, 0.1) is 0 Å². The molecule has 0 aromatic rings. The first-order chi connectivity index (χ1) is 4.74. The summed E-state index contributed by atoms with van der Waals surface area (Å²) in [6.45, 7) is 0. The van der Waals surface area contributed by atoms with Gasteiger partial charge in [0.1, 0.15) is 18.2 Å². The molecular formula is C7H7FO2. The number of aliphatic hydroxyl groups is 1. The number of rotatable bonds is 1. The first-order valence-electron chi connectivity index (χ1n) is 2.94. The van der Waals surface area contributed by atoms with Crippen LogP contribution < -0.4 is 0 Å². The summed E-state index contributed by atoms with van der Waals surface area (Å²) in [4.78, 5) is 10.1. The number of aliphatic hydroxyl groups excluding tert-OH is 1. The molecule has 1 aliphatic carbocycles. The molecule has 0 aliphatic heterocycles. The predicted octanol–water partition coefficient (Wildman–Crippen LogP) is 0.730. The van der Waals surface area contributed by atoms with E-state index >= 15 is 0 Å². The van der Waals surface area contributed by atoms with Crippen molar-refractivity contribution in [2.75, 3.05) is 0 Å². The highest BCUT2D eigenvalue weighted by atomic mass is 19.1. The third-order valence-corrected chi connectivity index (χ3v) is 1.34. The summed E-state index contributed by atoms with van der Waals surface area (Å²) in [5, 5.41) is 8.79. The fourth-order valence-corrected chi connectivity index (χ4v) is 0.757. The standard InChI is InChI=1S/C7H7FO2/c8-6-3-5(4-9)1-2-7(6)10/h1,3-4,7,10H,2H2. The monoisotopic (exact) mass is 142 g/mol. The zero-order valence-corrected chi connectivity index (χ0v) is 5.25. The van der Waals surface area contributed by atoms with Crippen molar-refractivity contribution in [2.24, 2.45) is 0 Å². The van der Waals surface area contributed by atoms with E-state index < -0.39 is 11.9 Å². The second-order valence-corrected chi connectivity index (χ2v) is 2.10. The lowest BCUT2D eigenvalue weighted by Gasteiger charge is -2.09. The molecule has 1 rings (SSSR count). The molecule has 0 saturated heterocycles. The second kappa shape index (κ2) is 2.75. The third kappa shape index (κ3) is 1.30. The summed E-state index contributed by atoms with van der Waals surface area (Å²) in [6.07, 6.45) is 2.24. The third-order valence-electron chi connectivity index (χ3n) is 1.34. The van der Waals surface area contributed by atoms with Gasteiger partial charge in [-0.2, -0.15) is 0 Å². The van der Waals surface area contributed by atoms with Gasteiger partial charge in [0.2, 0.25) is 0 Å². The SMILES string of the molecule is O=CC1=CCC(O)C(F)=C1. The number of hydrogen-bond acceptors (Lipinski definition) is 2. The Balaban J connectivity index is 2.78. The number of halogens is 1. The Hall–Kier alpha value is -0.960. The van der Waals surface area contributed by atoms with E-state index in [1.165, 1.54) is 6.08 Å². The number of hydrogen-bond donors (Lipinski definition) is 1. The summed E-state index contributed by atoms with van der Waals surface area (Å²) in [5.74, 6) is -0.635. The van der Waals surface area contributed by atoms with Gasteiger partial charge in [0, 0.05) is 5.57 Å². The van der Waals surface area contributed by atoms with Crippen LogP contribution >= 0.6 is 0 Å². The van der Waals surface area contributed by atoms with Gasteiger partial charge < -0.3 is 5.11 Å². The van der Waals surface area contributed by atoms with Crippen molar-refractivity contribution < 1.29 is 14.3 Å². The Labute approximate surface area is 57.7 Å². The highest BCUT2D eigenvalue weighted by Gasteiger charge is 2.13. The maximum Gasteiger partial charge on any atom is 0.149 e. The van der Waals surface area contributed by atoms with Crippen LogP contribution in [0.5, 0.6) is 0 Å². The molecule has 0 bridgehead atoms. The van der Waals surface area contributed by atoms with Crippen LogP contribution in [0.3, 0.4) is 0 Å². The van der Waals surface area contributed by atoms with Crippen LogP contribution in [-0.4, -0.2) is 17.5 Å². The first kappa shape index (κ1) is 7.15. The van der Waals surface area contributed by atoms with Gasteiger partial charge in [-0.25, -0.2) is 4.39 Å². The Morgan fingerprint density at radius 2 is 2.50 bits per heavy atom. The molecule has 0 heterocycles. The van der Waals surface area contributed by atoms with Gasteiger partial charge in [-0.05, 0) is 12.5 Å². The van der Waals surface area contributed by atoms with E-state index in [-0.39, 0.29) is 6.42 Å². The summed E-state index contributed by atoms with van der Waals surface area (Å²) in [6, 6.07) is 0. The highest BCUT2D eigenvalue weighted by molar-refractivity contribution is 5.78. The number of allylic oxidation sites excluding steroid dienone is 2. The Morgan fingerprint density at radius 3 is 3.00 bits per heavy atom. The van der Waals surface area contributed by atoms with Gasteiger partial charge in [0.25, 0.3) is 0 Å². The van der Waals surface area contributed by atoms with Gasteiger partial charge in [-0.15, -0.1) is 0 Å². The average molecular weight is 142 g/mol. The molecule has 0 spiro atoms. The van der Waals surface area contributed by atoms with Crippen molar-refractivity contribution in [1.82, 2.24) is 0 Å². The lowest BCUT2D eigenvalue weighted by Crippen LogP contribution is -2.09. The lowest BCUT2D eigenvalue weighted by atomic mass is 10.1. The zero-order chi connectivity index (χ0) is 7.56. The number of carbonyl (C=O) groups excluding carboxylic acids is 1. The normalized spacial score (nSPS) is 25.2. The Bertz CT molecular complexity index is 206. The molecule has 1 aliphatic rings.